The van der Waals surface area contributed by atoms with Crippen molar-refractivity contribution in [1.29, 1.82) is 0 Å². The second-order valence-electron chi connectivity index (χ2n) is 8.01. The lowest BCUT2D eigenvalue weighted by atomic mass is 9.46. The van der Waals surface area contributed by atoms with Crippen molar-refractivity contribution in [2.75, 3.05) is 27.3 Å². The molecule has 3 aliphatic rings. The molecule has 1 aromatic carbocycles. The molecule has 1 aromatic rings. The molecule has 2 N–H and O–H groups in total. The summed E-state index contributed by atoms with van der Waals surface area (Å²) in [5, 5.41) is 7.11. The number of hydrogen-bond acceptors (Lipinski definition) is 4. The number of ether oxygens (including phenoxy) is 3. The Hall–Kier alpha value is -1.22. The standard InChI is InChI=1S/C21H31N3O3.HI/c1-14(27-16-7-4-6-15(12-16)25-3)13-23-20(22-2)24-18-17-8-11-26-19(17)21(18)9-5-10-21;/h4,6-7,12,14,17-19H,5,8-11,13H2,1-3H3,(H2,22,23,24);1H. The van der Waals surface area contributed by atoms with Gasteiger partial charge in [0.2, 0.25) is 0 Å². The van der Waals surface area contributed by atoms with Gasteiger partial charge in [-0.2, -0.15) is 0 Å². The van der Waals surface area contributed by atoms with Gasteiger partial charge in [-0.15, -0.1) is 24.0 Å². The molecule has 6 nitrogen and oxygen atoms in total. The van der Waals surface area contributed by atoms with Gasteiger partial charge in [0.15, 0.2) is 5.96 Å². The quantitative estimate of drug-likeness (QED) is 0.356. The van der Waals surface area contributed by atoms with Crippen molar-refractivity contribution in [2.24, 2.45) is 16.3 Å². The lowest BCUT2D eigenvalue weighted by Gasteiger charge is -2.63. The van der Waals surface area contributed by atoms with E-state index in [2.05, 4.69) is 22.5 Å². The Labute approximate surface area is 184 Å². The third kappa shape index (κ3) is 3.92. The first-order chi connectivity index (χ1) is 13.2. The van der Waals surface area contributed by atoms with Gasteiger partial charge in [-0.3, -0.25) is 4.99 Å². The first-order valence-corrected chi connectivity index (χ1v) is 10.1. The van der Waals surface area contributed by atoms with E-state index in [9.17, 15) is 0 Å². The Morgan fingerprint density at radius 1 is 1.36 bits per heavy atom. The smallest absolute Gasteiger partial charge is 0.191 e. The van der Waals surface area contributed by atoms with Crippen LogP contribution in [-0.4, -0.2) is 51.5 Å². The number of nitrogens with one attached hydrogen (secondary N) is 2. The van der Waals surface area contributed by atoms with Crippen molar-refractivity contribution >= 4 is 29.9 Å². The average molecular weight is 501 g/mol. The Balaban J connectivity index is 0.00000225. The zero-order valence-corrected chi connectivity index (χ0v) is 19.3. The number of benzene rings is 1. The van der Waals surface area contributed by atoms with E-state index in [4.69, 9.17) is 14.2 Å². The molecular weight excluding hydrogens is 469 g/mol. The van der Waals surface area contributed by atoms with Gasteiger partial charge in [0.25, 0.3) is 0 Å². The number of halogens is 1. The number of nitrogens with zero attached hydrogens (tertiary/aromatic N) is 1. The van der Waals surface area contributed by atoms with E-state index in [1.54, 1.807) is 7.11 Å². The first kappa shape index (κ1) is 21.5. The van der Waals surface area contributed by atoms with E-state index in [1.807, 2.05) is 31.3 Å². The van der Waals surface area contributed by atoms with Crippen molar-refractivity contribution in [3.8, 4) is 11.5 Å². The molecule has 0 aromatic heterocycles. The summed E-state index contributed by atoms with van der Waals surface area (Å²) in [4.78, 5) is 4.43. The third-order valence-corrected chi connectivity index (χ3v) is 6.49. The zero-order chi connectivity index (χ0) is 18.9. The van der Waals surface area contributed by atoms with E-state index in [0.717, 1.165) is 30.5 Å². The van der Waals surface area contributed by atoms with E-state index in [-0.39, 0.29) is 30.1 Å². The van der Waals surface area contributed by atoms with Crippen LogP contribution in [0.5, 0.6) is 11.5 Å². The average Bonchev–Trinajstić information content (AvgIpc) is 3.05. The minimum absolute atomic E-state index is 0. The number of aliphatic imine (C=N–C) groups is 1. The molecule has 1 saturated heterocycles. The van der Waals surface area contributed by atoms with Crippen LogP contribution in [0.1, 0.15) is 32.6 Å². The van der Waals surface area contributed by atoms with Gasteiger partial charge in [0.1, 0.15) is 17.6 Å². The lowest BCUT2D eigenvalue weighted by Crippen LogP contribution is -2.72. The van der Waals surface area contributed by atoms with Gasteiger partial charge < -0.3 is 24.8 Å². The number of rotatable bonds is 6. The summed E-state index contributed by atoms with van der Waals surface area (Å²) in [6.07, 6.45) is 5.52. The molecule has 2 saturated carbocycles. The van der Waals surface area contributed by atoms with Crippen LogP contribution in [-0.2, 0) is 4.74 Å². The van der Waals surface area contributed by atoms with Crippen LogP contribution < -0.4 is 20.1 Å². The lowest BCUT2D eigenvalue weighted by molar-refractivity contribution is -0.171. The van der Waals surface area contributed by atoms with Crippen LogP contribution in [0.3, 0.4) is 0 Å². The first-order valence-electron chi connectivity index (χ1n) is 10.1. The van der Waals surface area contributed by atoms with Gasteiger partial charge in [0.05, 0.1) is 19.8 Å². The predicted octanol–water partition coefficient (Wildman–Crippen LogP) is 3.20. The second-order valence-corrected chi connectivity index (χ2v) is 8.01. The molecular formula is C21H32IN3O3. The number of methoxy groups -OCH3 is 1. The van der Waals surface area contributed by atoms with Crippen LogP contribution in [0, 0.1) is 11.3 Å². The highest BCUT2D eigenvalue weighted by atomic mass is 127. The van der Waals surface area contributed by atoms with E-state index in [1.165, 1.54) is 19.3 Å². The van der Waals surface area contributed by atoms with Crippen LogP contribution in [0.4, 0.5) is 0 Å². The zero-order valence-electron chi connectivity index (χ0n) is 16.9. The highest BCUT2D eigenvalue weighted by Gasteiger charge is 2.66. The number of hydrogen-bond donors (Lipinski definition) is 2. The summed E-state index contributed by atoms with van der Waals surface area (Å²) < 4.78 is 17.3. The fourth-order valence-electron chi connectivity index (χ4n) is 4.99. The molecule has 3 fully saturated rings. The monoisotopic (exact) mass is 501 g/mol. The Morgan fingerprint density at radius 2 is 2.14 bits per heavy atom. The molecule has 0 amide bonds. The van der Waals surface area contributed by atoms with Crippen LogP contribution in [0.2, 0.25) is 0 Å². The fourth-order valence-corrected chi connectivity index (χ4v) is 4.99. The maximum atomic E-state index is 6.01. The van der Waals surface area contributed by atoms with Crippen molar-refractivity contribution in [3.63, 3.8) is 0 Å². The van der Waals surface area contributed by atoms with Crippen molar-refractivity contribution in [1.82, 2.24) is 10.6 Å². The minimum atomic E-state index is 0. The van der Waals surface area contributed by atoms with Crippen LogP contribution >= 0.6 is 24.0 Å². The number of fused-ring (bicyclic) bond motifs is 2. The largest absolute Gasteiger partial charge is 0.497 e. The second kappa shape index (κ2) is 9.07. The van der Waals surface area contributed by atoms with Crippen molar-refractivity contribution < 1.29 is 14.2 Å². The molecule has 1 heterocycles. The molecule has 4 rings (SSSR count). The Kier molecular flexibility index (Phi) is 6.96. The molecule has 0 radical (unpaired) electrons. The van der Waals surface area contributed by atoms with Crippen molar-refractivity contribution in [2.45, 2.75) is 50.9 Å². The van der Waals surface area contributed by atoms with Crippen LogP contribution in [0.15, 0.2) is 29.3 Å². The maximum absolute atomic E-state index is 6.01. The molecule has 1 spiro atoms. The van der Waals surface area contributed by atoms with Gasteiger partial charge in [-0.1, -0.05) is 12.5 Å². The summed E-state index contributed by atoms with van der Waals surface area (Å²) in [6.45, 7) is 3.64. The molecule has 1 aliphatic heterocycles. The van der Waals surface area contributed by atoms with Crippen molar-refractivity contribution in [3.05, 3.63) is 24.3 Å². The minimum Gasteiger partial charge on any atom is -0.497 e. The molecule has 0 bridgehead atoms. The molecule has 7 heteroatoms. The van der Waals surface area contributed by atoms with Gasteiger partial charge >= 0.3 is 0 Å². The van der Waals surface area contributed by atoms with Gasteiger partial charge in [-0.25, -0.2) is 0 Å². The molecule has 28 heavy (non-hydrogen) atoms. The van der Waals surface area contributed by atoms with Gasteiger partial charge in [0, 0.05) is 37.1 Å². The summed E-state index contributed by atoms with van der Waals surface area (Å²) >= 11 is 0. The Bertz CT molecular complexity index is 695. The van der Waals surface area contributed by atoms with Crippen LogP contribution in [0.25, 0.3) is 0 Å². The highest BCUT2D eigenvalue weighted by Crippen LogP contribution is 2.62. The molecule has 156 valence electrons. The summed E-state index contributed by atoms with van der Waals surface area (Å²) in [6, 6.07) is 8.18. The predicted molar refractivity (Wildman–Crippen MR) is 121 cm³/mol. The SMILES string of the molecule is CN=C(NCC(C)Oc1cccc(OC)c1)NC1C2CCOC2C12CCC2.I. The third-order valence-electron chi connectivity index (χ3n) is 6.49. The molecule has 2 aliphatic carbocycles. The summed E-state index contributed by atoms with van der Waals surface area (Å²) in [7, 11) is 3.49. The van der Waals surface area contributed by atoms with E-state index < -0.39 is 0 Å². The molecule has 4 unspecified atom stereocenters. The normalized spacial score (nSPS) is 28.2. The summed E-state index contributed by atoms with van der Waals surface area (Å²) in [5.74, 6) is 3.10. The molecule has 4 atom stereocenters. The van der Waals surface area contributed by atoms with Gasteiger partial charge in [-0.05, 0) is 38.3 Å². The fraction of sp³-hybridized carbons (Fsp3) is 0.667. The summed E-state index contributed by atoms with van der Waals surface area (Å²) in [5.41, 5.74) is 0.349. The topological polar surface area (TPSA) is 64.1 Å². The maximum Gasteiger partial charge on any atom is 0.191 e. The highest BCUT2D eigenvalue weighted by molar-refractivity contribution is 14.0. The van der Waals surface area contributed by atoms with E-state index in [0.29, 0.717) is 30.0 Å². The Morgan fingerprint density at radius 3 is 2.82 bits per heavy atom. The number of guanidine groups is 1. The van der Waals surface area contributed by atoms with E-state index >= 15 is 0 Å².